The molecule has 0 radical (unpaired) electrons. The predicted octanol–water partition coefficient (Wildman–Crippen LogP) is 1.80. The first-order valence-corrected chi connectivity index (χ1v) is 10.4. The summed E-state index contributed by atoms with van der Waals surface area (Å²) in [5.41, 5.74) is 1.56. The molecule has 3 heterocycles. The van der Waals surface area contributed by atoms with Crippen LogP contribution in [0.4, 0.5) is 15.8 Å². The molecule has 152 valence electrons. The monoisotopic (exact) mass is 389 g/mol. The van der Waals surface area contributed by atoms with Gasteiger partial charge in [0.25, 0.3) is 0 Å². The normalized spacial score (nSPS) is 29.7. The van der Waals surface area contributed by atoms with Gasteiger partial charge >= 0.3 is 0 Å². The van der Waals surface area contributed by atoms with Crippen molar-refractivity contribution in [2.75, 3.05) is 49.7 Å². The van der Waals surface area contributed by atoms with Gasteiger partial charge in [0.15, 0.2) is 17.3 Å². The molecular weight excluding hydrogens is 361 g/mol. The predicted molar refractivity (Wildman–Crippen MR) is 105 cm³/mol. The van der Waals surface area contributed by atoms with Crippen molar-refractivity contribution in [3.8, 4) is 5.75 Å². The molecule has 6 nitrogen and oxygen atoms in total. The van der Waals surface area contributed by atoms with Crippen LogP contribution in [-0.4, -0.2) is 62.9 Å². The fourth-order valence-electron chi connectivity index (χ4n) is 5.29. The molecule has 3 fully saturated rings. The van der Waals surface area contributed by atoms with Gasteiger partial charge in [0.2, 0.25) is 0 Å². The quantitative estimate of drug-likeness (QED) is 0.819. The van der Waals surface area contributed by atoms with E-state index in [9.17, 15) is 9.90 Å². The van der Waals surface area contributed by atoms with Crippen LogP contribution in [0.25, 0.3) is 0 Å². The molecule has 0 bridgehead atoms. The fourth-order valence-corrected chi connectivity index (χ4v) is 5.29. The lowest BCUT2D eigenvalue weighted by atomic mass is 9.90. The van der Waals surface area contributed by atoms with Crippen molar-refractivity contribution in [1.82, 2.24) is 5.32 Å². The lowest BCUT2D eigenvalue weighted by Gasteiger charge is -2.37. The van der Waals surface area contributed by atoms with Crippen LogP contribution in [-0.2, 0) is 0 Å². The third-order valence-electron chi connectivity index (χ3n) is 6.85. The van der Waals surface area contributed by atoms with Crippen LogP contribution in [0.2, 0.25) is 0 Å². The standard InChI is InChI=1S/C21H28FN3O3/c1-28-21-18-15(20(27)13(11-26)9-25(18)14-4-5-14)7-16(22)19(21)24-8-12-3-2-6-23-17(12)10-24/h7,12-14,17,23,26H,2-6,8-11H2,1H3. The summed E-state index contributed by atoms with van der Waals surface area (Å²) in [4.78, 5) is 17.1. The van der Waals surface area contributed by atoms with Crippen LogP contribution >= 0.6 is 0 Å². The molecule has 3 aliphatic heterocycles. The zero-order valence-corrected chi connectivity index (χ0v) is 16.3. The maximum atomic E-state index is 15.3. The molecule has 3 unspecified atom stereocenters. The number of aliphatic hydroxyl groups excluding tert-OH is 1. The Balaban J connectivity index is 1.60. The minimum atomic E-state index is -0.498. The summed E-state index contributed by atoms with van der Waals surface area (Å²) in [6.07, 6.45) is 4.43. The van der Waals surface area contributed by atoms with Crippen molar-refractivity contribution >= 4 is 17.2 Å². The number of carbonyl (C=O) groups is 1. The summed E-state index contributed by atoms with van der Waals surface area (Å²) < 4.78 is 21.1. The average Bonchev–Trinajstić information content (AvgIpc) is 3.46. The van der Waals surface area contributed by atoms with Gasteiger partial charge in [0.1, 0.15) is 5.69 Å². The topological polar surface area (TPSA) is 65.0 Å². The van der Waals surface area contributed by atoms with Gasteiger partial charge in [-0.2, -0.15) is 0 Å². The SMILES string of the molecule is COc1c(N2CC3CCCNC3C2)c(F)cc2c1N(C1CC1)CC(CO)C2=O. The van der Waals surface area contributed by atoms with Crippen molar-refractivity contribution < 1.29 is 19.0 Å². The number of nitrogens with one attached hydrogen (secondary N) is 1. The van der Waals surface area contributed by atoms with Crippen LogP contribution in [0.5, 0.6) is 5.75 Å². The molecule has 1 aromatic rings. The zero-order chi connectivity index (χ0) is 19.4. The van der Waals surface area contributed by atoms with Gasteiger partial charge in [-0.25, -0.2) is 4.39 Å². The van der Waals surface area contributed by atoms with Crippen molar-refractivity contribution in [3.63, 3.8) is 0 Å². The number of ether oxygens (including phenoxy) is 1. The summed E-state index contributed by atoms with van der Waals surface area (Å²) in [6, 6.07) is 2.10. The number of nitrogens with zero attached hydrogens (tertiary/aromatic N) is 2. The Hall–Kier alpha value is -1.86. The lowest BCUT2D eigenvalue weighted by Crippen LogP contribution is -2.42. The van der Waals surface area contributed by atoms with Gasteiger partial charge in [0.05, 0.1) is 25.3 Å². The Bertz CT molecular complexity index is 784. The molecule has 1 aromatic carbocycles. The molecule has 1 aliphatic carbocycles. The number of anilines is 2. The maximum absolute atomic E-state index is 15.3. The van der Waals surface area contributed by atoms with Crippen LogP contribution < -0.4 is 19.9 Å². The first kappa shape index (κ1) is 18.2. The molecule has 4 aliphatic rings. The summed E-state index contributed by atoms with van der Waals surface area (Å²) in [5, 5.41) is 13.2. The smallest absolute Gasteiger partial charge is 0.172 e. The van der Waals surface area contributed by atoms with Gasteiger partial charge in [-0.15, -0.1) is 0 Å². The van der Waals surface area contributed by atoms with Crippen molar-refractivity contribution in [3.05, 3.63) is 17.4 Å². The van der Waals surface area contributed by atoms with Gasteiger partial charge in [-0.3, -0.25) is 4.79 Å². The number of hydrogen-bond acceptors (Lipinski definition) is 6. The molecule has 5 rings (SSSR count). The number of halogens is 1. The molecule has 1 saturated carbocycles. The summed E-state index contributed by atoms with van der Waals surface area (Å²) in [7, 11) is 1.56. The zero-order valence-electron chi connectivity index (χ0n) is 16.3. The summed E-state index contributed by atoms with van der Waals surface area (Å²) in [5.74, 6) is -0.0899. The molecule has 2 N–H and O–H groups in total. The van der Waals surface area contributed by atoms with E-state index in [-0.39, 0.29) is 12.4 Å². The Kier molecular flexibility index (Phi) is 4.47. The summed E-state index contributed by atoms with van der Waals surface area (Å²) in [6.45, 7) is 2.84. The average molecular weight is 389 g/mol. The van der Waals surface area contributed by atoms with E-state index < -0.39 is 11.7 Å². The van der Waals surface area contributed by atoms with Crippen molar-refractivity contribution in [2.24, 2.45) is 11.8 Å². The first-order chi connectivity index (χ1) is 13.6. The minimum absolute atomic E-state index is 0.185. The highest BCUT2D eigenvalue weighted by molar-refractivity contribution is 6.07. The van der Waals surface area contributed by atoms with E-state index in [1.807, 2.05) is 0 Å². The van der Waals surface area contributed by atoms with E-state index in [0.717, 1.165) is 51.0 Å². The minimum Gasteiger partial charge on any atom is -0.492 e. The number of Topliss-reactive ketones (excluding diaryl/α,β-unsaturated/α-hetero) is 1. The second kappa shape index (κ2) is 6.88. The second-order valence-electron chi connectivity index (χ2n) is 8.63. The van der Waals surface area contributed by atoms with E-state index in [1.54, 1.807) is 7.11 Å². The highest BCUT2D eigenvalue weighted by Crippen LogP contribution is 2.50. The molecule has 7 heteroatoms. The Morgan fingerprint density at radius 3 is 2.75 bits per heavy atom. The molecule has 28 heavy (non-hydrogen) atoms. The molecule has 0 spiro atoms. The molecule has 0 aromatic heterocycles. The molecule has 3 atom stereocenters. The summed E-state index contributed by atoms with van der Waals surface area (Å²) >= 11 is 0. The Morgan fingerprint density at radius 1 is 1.25 bits per heavy atom. The van der Waals surface area contributed by atoms with Crippen LogP contribution in [0.15, 0.2) is 6.07 Å². The number of piperidine rings is 1. The van der Waals surface area contributed by atoms with E-state index in [4.69, 9.17) is 4.74 Å². The van der Waals surface area contributed by atoms with E-state index >= 15 is 4.39 Å². The Labute approximate surface area is 164 Å². The first-order valence-electron chi connectivity index (χ1n) is 10.4. The third kappa shape index (κ3) is 2.78. The third-order valence-corrected chi connectivity index (χ3v) is 6.85. The van der Waals surface area contributed by atoms with Gasteiger partial charge < -0.3 is 25.0 Å². The highest BCUT2D eigenvalue weighted by Gasteiger charge is 2.44. The van der Waals surface area contributed by atoms with E-state index in [2.05, 4.69) is 15.1 Å². The number of rotatable bonds is 4. The fraction of sp³-hybridized carbons (Fsp3) is 0.667. The largest absolute Gasteiger partial charge is 0.492 e. The van der Waals surface area contributed by atoms with Crippen LogP contribution in [0, 0.1) is 17.7 Å². The number of ketones is 1. The van der Waals surface area contributed by atoms with E-state index in [0.29, 0.717) is 41.5 Å². The number of benzene rings is 1. The van der Waals surface area contributed by atoms with E-state index in [1.165, 1.54) is 6.07 Å². The Morgan fingerprint density at radius 2 is 2.07 bits per heavy atom. The number of aliphatic hydroxyl groups is 1. The number of carbonyl (C=O) groups excluding carboxylic acids is 1. The second-order valence-corrected chi connectivity index (χ2v) is 8.63. The van der Waals surface area contributed by atoms with Crippen LogP contribution in [0.3, 0.4) is 0 Å². The van der Waals surface area contributed by atoms with Crippen molar-refractivity contribution in [2.45, 2.75) is 37.8 Å². The molecule has 0 amide bonds. The van der Waals surface area contributed by atoms with Crippen LogP contribution in [0.1, 0.15) is 36.0 Å². The van der Waals surface area contributed by atoms with Gasteiger partial charge in [0, 0.05) is 37.3 Å². The molecular formula is C21H28FN3O3. The van der Waals surface area contributed by atoms with Crippen molar-refractivity contribution in [1.29, 1.82) is 0 Å². The maximum Gasteiger partial charge on any atom is 0.172 e. The van der Waals surface area contributed by atoms with Gasteiger partial charge in [-0.1, -0.05) is 0 Å². The number of hydrogen-bond donors (Lipinski definition) is 2. The van der Waals surface area contributed by atoms with Gasteiger partial charge in [-0.05, 0) is 44.2 Å². The number of methoxy groups -OCH3 is 1. The highest BCUT2D eigenvalue weighted by atomic mass is 19.1. The number of fused-ring (bicyclic) bond motifs is 2. The lowest BCUT2D eigenvalue weighted by molar-refractivity contribution is 0.0855. The molecule has 2 saturated heterocycles.